The van der Waals surface area contributed by atoms with Gasteiger partial charge in [-0.05, 0) is 44.5 Å². The highest BCUT2D eigenvalue weighted by Crippen LogP contribution is 2.42. The van der Waals surface area contributed by atoms with E-state index in [4.69, 9.17) is 20.9 Å². The Morgan fingerprint density at radius 3 is 2.78 bits per heavy atom. The second-order valence-electron chi connectivity index (χ2n) is 5.75. The maximum atomic E-state index is 5.81. The maximum absolute atomic E-state index is 5.81. The van der Waals surface area contributed by atoms with Gasteiger partial charge in [-0.1, -0.05) is 18.1 Å². The lowest BCUT2D eigenvalue weighted by Gasteiger charge is -2.14. The average Bonchev–Trinajstić information content (AvgIpc) is 3.32. The summed E-state index contributed by atoms with van der Waals surface area (Å²) in [5.41, 5.74) is 12.9. The van der Waals surface area contributed by atoms with Crippen LogP contribution in [0.4, 0.5) is 0 Å². The van der Waals surface area contributed by atoms with Crippen LogP contribution in [-0.2, 0) is 9.47 Å². The van der Waals surface area contributed by atoms with Gasteiger partial charge in [-0.2, -0.15) is 0 Å². The predicted octanol–water partition coefficient (Wildman–Crippen LogP) is 1.17. The monoisotopic (exact) mass is 324 g/mol. The average molecular weight is 324 g/mol. The Bertz CT molecular complexity index is 432. The third-order valence-corrected chi connectivity index (χ3v) is 4.01. The number of hydrogen-bond donors (Lipinski definition) is 4. The molecule has 1 aliphatic rings. The summed E-state index contributed by atoms with van der Waals surface area (Å²) in [6, 6.07) is 0.341. The van der Waals surface area contributed by atoms with E-state index in [-0.39, 0.29) is 0 Å². The zero-order chi connectivity index (χ0) is 17.1. The quantitative estimate of drug-likeness (QED) is 0.403. The van der Waals surface area contributed by atoms with Crippen LogP contribution in [-0.4, -0.2) is 40.4 Å². The van der Waals surface area contributed by atoms with Crippen LogP contribution in [0.25, 0.3) is 0 Å². The van der Waals surface area contributed by atoms with Crippen LogP contribution in [0.5, 0.6) is 0 Å². The van der Waals surface area contributed by atoms with E-state index >= 15 is 0 Å². The van der Waals surface area contributed by atoms with Crippen molar-refractivity contribution >= 4 is 0 Å². The van der Waals surface area contributed by atoms with Gasteiger partial charge in [-0.25, -0.2) is 0 Å². The van der Waals surface area contributed by atoms with Gasteiger partial charge >= 0.3 is 0 Å². The first-order valence-corrected chi connectivity index (χ1v) is 8.20. The standard InChI is InChI=1S/C17H32N4O2/c1-20-8-5-9-21-15(12-18)7-4-6-13-10-14(13)11-16(22-2)17(19)23-3/h5,9,11,13,15,20-21H,4,6-8,10,12,18-19H2,1-3H3/b9-5-,14-11+,17-16-/t13?,15-/m0/s1. The van der Waals surface area contributed by atoms with Crippen molar-refractivity contribution in [2.45, 2.75) is 31.7 Å². The lowest BCUT2D eigenvalue weighted by atomic mass is 10.1. The molecule has 23 heavy (non-hydrogen) atoms. The van der Waals surface area contributed by atoms with Crippen LogP contribution < -0.4 is 22.1 Å². The van der Waals surface area contributed by atoms with Crippen molar-refractivity contribution in [1.82, 2.24) is 10.6 Å². The van der Waals surface area contributed by atoms with Crippen molar-refractivity contribution in [2.24, 2.45) is 17.4 Å². The number of hydrogen-bond acceptors (Lipinski definition) is 6. The van der Waals surface area contributed by atoms with E-state index in [1.165, 1.54) is 12.0 Å². The highest BCUT2D eigenvalue weighted by atomic mass is 16.5. The molecule has 0 aromatic carbocycles. The molecule has 132 valence electrons. The molecule has 0 aliphatic heterocycles. The fourth-order valence-electron chi connectivity index (χ4n) is 2.45. The molecule has 0 spiro atoms. The highest BCUT2D eigenvalue weighted by molar-refractivity contribution is 5.31. The number of rotatable bonds is 12. The summed E-state index contributed by atoms with van der Waals surface area (Å²) < 4.78 is 10.2. The van der Waals surface area contributed by atoms with Gasteiger partial charge in [0.25, 0.3) is 0 Å². The van der Waals surface area contributed by atoms with Crippen molar-refractivity contribution < 1.29 is 9.47 Å². The van der Waals surface area contributed by atoms with Gasteiger partial charge in [-0.3, -0.25) is 0 Å². The van der Waals surface area contributed by atoms with Crippen LogP contribution >= 0.6 is 0 Å². The Balaban J connectivity index is 2.29. The maximum Gasteiger partial charge on any atom is 0.227 e. The molecule has 0 saturated heterocycles. The number of ether oxygens (including phenoxy) is 2. The van der Waals surface area contributed by atoms with Crippen LogP contribution in [0.2, 0.25) is 0 Å². The minimum Gasteiger partial charge on any atom is -0.491 e. The van der Waals surface area contributed by atoms with E-state index < -0.39 is 0 Å². The molecule has 0 amide bonds. The molecule has 6 N–H and O–H groups in total. The van der Waals surface area contributed by atoms with Crippen LogP contribution in [0.15, 0.2) is 35.6 Å². The van der Waals surface area contributed by atoms with Crippen molar-refractivity contribution in [2.75, 3.05) is 34.4 Å². The summed E-state index contributed by atoms with van der Waals surface area (Å²) in [4.78, 5) is 0. The summed E-state index contributed by atoms with van der Waals surface area (Å²) in [6.45, 7) is 1.51. The molecule has 6 nitrogen and oxygen atoms in total. The highest BCUT2D eigenvalue weighted by Gasteiger charge is 2.29. The Kier molecular flexibility index (Phi) is 9.24. The summed E-state index contributed by atoms with van der Waals surface area (Å²) >= 11 is 0. The van der Waals surface area contributed by atoms with E-state index in [9.17, 15) is 0 Å². The Morgan fingerprint density at radius 2 is 2.17 bits per heavy atom. The first kappa shape index (κ1) is 19.4. The first-order chi connectivity index (χ1) is 11.2. The molecule has 1 unspecified atom stereocenters. The number of nitrogens with one attached hydrogen (secondary N) is 2. The fraction of sp³-hybridized carbons (Fsp3) is 0.647. The van der Waals surface area contributed by atoms with E-state index in [2.05, 4.69) is 16.7 Å². The van der Waals surface area contributed by atoms with Crippen molar-refractivity contribution in [3.05, 3.63) is 35.6 Å². The van der Waals surface area contributed by atoms with Crippen molar-refractivity contribution in [3.63, 3.8) is 0 Å². The van der Waals surface area contributed by atoms with E-state index in [0.29, 0.717) is 30.1 Å². The van der Waals surface area contributed by atoms with Gasteiger partial charge in [0, 0.05) is 19.1 Å². The van der Waals surface area contributed by atoms with Gasteiger partial charge in [0.15, 0.2) is 5.76 Å². The summed E-state index contributed by atoms with van der Waals surface area (Å²) in [6.07, 6.45) is 10.6. The predicted molar refractivity (Wildman–Crippen MR) is 94.3 cm³/mol. The third-order valence-electron chi connectivity index (χ3n) is 4.01. The lowest BCUT2D eigenvalue weighted by molar-refractivity contribution is 0.228. The van der Waals surface area contributed by atoms with E-state index in [1.54, 1.807) is 14.2 Å². The molecule has 1 saturated carbocycles. The molecular formula is C17H32N4O2. The number of allylic oxidation sites excluding steroid dienone is 2. The van der Waals surface area contributed by atoms with Crippen molar-refractivity contribution in [3.8, 4) is 0 Å². The van der Waals surface area contributed by atoms with Crippen LogP contribution in [0, 0.1) is 5.92 Å². The fourth-order valence-corrected chi connectivity index (χ4v) is 2.45. The topological polar surface area (TPSA) is 94.6 Å². The summed E-state index contributed by atoms with van der Waals surface area (Å²) in [7, 11) is 5.08. The zero-order valence-corrected chi connectivity index (χ0v) is 14.6. The molecule has 1 fully saturated rings. The SMILES string of the molecule is CNC/C=C\N[C@H](CN)CCCC1C/C1=C\C(OC)=C(/N)OC. The minimum absolute atomic E-state index is 0.325. The molecule has 2 atom stereocenters. The van der Waals surface area contributed by atoms with Gasteiger partial charge in [0.05, 0.1) is 14.2 Å². The largest absolute Gasteiger partial charge is 0.491 e. The van der Waals surface area contributed by atoms with Gasteiger partial charge in [-0.15, -0.1) is 0 Å². The third kappa shape index (κ3) is 7.43. The molecule has 0 bridgehead atoms. The second kappa shape index (κ2) is 11.0. The van der Waals surface area contributed by atoms with Crippen LogP contribution in [0.1, 0.15) is 25.7 Å². The van der Waals surface area contributed by atoms with Gasteiger partial charge in [0.2, 0.25) is 5.88 Å². The van der Waals surface area contributed by atoms with E-state index in [1.807, 2.05) is 19.3 Å². The normalized spacial score (nSPS) is 21.2. The molecule has 0 aromatic rings. The smallest absolute Gasteiger partial charge is 0.227 e. The van der Waals surface area contributed by atoms with Gasteiger partial charge in [0.1, 0.15) is 0 Å². The van der Waals surface area contributed by atoms with Crippen LogP contribution in [0.3, 0.4) is 0 Å². The molecular weight excluding hydrogens is 292 g/mol. The molecule has 1 rings (SSSR count). The van der Waals surface area contributed by atoms with Gasteiger partial charge < -0.3 is 31.6 Å². The lowest BCUT2D eigenvalue weighted by Crippen LogP contribution is -2.32. The number of nitrogens with two attached hydrogens (primary N) is 2. The molecule has 1 aliphatic carbocycles. The minimum atomic E-state index is 0.325. The number of likely N-dealkylation sites (N-methyl/N-ethyl adjacent to an activating group) is 1. The Labute approximate surface area is 140 Å². The van der Waals surface area contributed by atoms with E-state index in [0.717, 1.165) is 25.8 Å². The molecule has 0 heterocycles. The Hall–Kier alpha value is -1.66. The number of methoxy groups -OCH3 is 2. The second-order valence-corrected chi connectivity index (χ2v) is 5.75. The summed E-state index contributed by atoms with van der Waals surface area (Å²) in [5.74, 6) is 1.58. The Morgan fingerprint density at radius 1 is 1.39 bits per heavy atom. The molecule has 0 radical (unpaired) electrons. The first-order valence-electron chi connectivity index (χ1n) is 8.20. The zero-order valence-electron chi connectivity index (χ0n) is 14.6. The molecule has 0 aromatic heterocycles. The summed E-state index contributed by atoms with van der Waals surface area (Å²) in [5, 5.41) is 6.42. The van der Waals surface area contributed by atoms with Crippen molar-refractivity contribution in [1.29, 1.82) is 0 Å². The molecule has 6 heteroatoms.